The first-order chi connectivity index (χ1) is 13.9. The lowest BCUT2D eigenvalue weighted by Gasteiger charge is -2.23. The molecule has 2 atom stereocenters. The second-order valence-corrected chi connectivity index (χ2v) is 7.64. The molecule has 3 amide bonds. The number of amides is 3. The molecular weight excluding hydrogens is 370 g/mol. The zero-order valence-corrected chi connectivity index (χ0v) is 18.1. The second kappa shape index (κ2) is 11.7. The monoisotopic (exact) mass is 406 g/mol. The van der Waals surface area contributed by atoms with Crippen molar-refractivity contribution in [3.8, 4) is 11.5 Å². The average Bonchev–Trinajstić information content (AvgIpc) is 2.70. The molecule has 1 fully saturated rings. The Kier molecular flexibility index (Phi) is 9.25. The fraction of sp³-hybridized carbons (Fsp3) is 0.636. The number of carbonyl (C=O) groups is 2. The Morgan fingerprint density at radius 1 is 1.07 bits per heavy atom. The first kappa shape index (κ1) is 23.0. The molecule has 1 aromatic rings. The number of carbonyl (C=O) groups excluding carboxylic acids is 2. The Morgan fingerprint density at radius 3 is 2.38 bits per heavy atom. The molecule has 0 saturated heterocycles. The van der Waals surface area contributed by atoms with Gasteiger partial charge in [0.05, 0.1) is 13.2 Å². The number of hydrogen-bond acceptors (Lipinski definition) is 4. The van der Waals surface area contributed by atoms with E-state index in [0.717, 1.165) is 37.0 Å². The molecule has 1 saturated carbocycles. The number of nitrogens with two attached hydrogens (primary N) is 1. The highest BCUT2D eigenvalue weighted by atomic mass is 16.5. The van der Waals surface area contributed by atoms with Crippen molar-refractivity contribution < 1.29 is 24.4 Å². The van der Waals surface area contributed by atoms with Gasteiger partial charge < -0.3 is 20.1 Å². The summed E-state index contributed by atoms with van der Waals surface area (Å²) >= 11 is 0. The lowest BCUT2D eigenvalue weighted by atomic mass is 9.96. The highest BCUT2D eigenvalue weighted by molar-refractivity contribution is 5.96. The Balaban J connectivity index is 1.89. The van der Waals surface area contributed by atoms with Gasteiger partial charge in [0.1, 0.15) is 6.04 Å². The van der Waals surface area contributed by atoms with Crippen LogP contribution in [0.4, 0.5) is 4.79 Å². The van der Waals surface area contributed by atoms with E-state index < -0.39 is 12.1 Å². The van der Waals surface area contributed by atoms with Crippen molar-refractivity contribution >= 4 is 11.9 Å². The fourth-order valence-corrected chi connectivity index (χ4v) is 3.68. The molecule has 1 aliphatic carbocycles. The molecule has 2 rings (SSSR count). The molecule has 0 aliphatic heterocycles. The van der Waals surface area contributed by atoms with Crippen LogP contribution in [-0.2, 0) is 4.79 Å². The van der Waals surface area contributed by atoms with Gasteiger partial charge in [0.25, 0.3) is 5.91 Å². The lowest BCUT2D eigenvalue weighted by molar-refractivity contribution is -0.710. The van der Waals surface area contributed by atoms with Crippen molar-refractivity contribution in [3.05, 3.63) is 23.8 Å². The van der Waals surface area contributed by atoms with E-state index in [9.17, 15) is 9.59 Å². The molecular formula is C22H36N3O4+. The molecule has 7 nitrogen and oxygen atoms in total. The van der Waals surface area contributed by atoms with Crippen LogP contribution in [0.25, 0.3) is 0 Å². The zero-order chi connectivity index (χ0) is 21.2. The maximum Gasteiger partial charge on any atom is 0.321 e. The molecule has 4 N–H and O–H groups in total. The highest BCUT2D eigenvalue weighted by Crippen LogP contribution is 2.30. The van der Waals surface area contributed by atoms with E-state index in [-0.39, 0.29) is 18.0 Å². The van der Waals surface area contributed by atoms with E-state index in [4.69, 9.17) is 9.47 Å². The van der Waals surface area contributed by atoms with Gasteiger partial charge >= 0.3 is 6.03 Å². The summed E-state index contributed by atoms with van der Waals surface area (Å²) in [6, 6.07) is 5.24. The summed E-state index contributed by atoms with van der Waals surface area (Å²) in [5.74, 6) is 1.13. The largest absolute Gasteiger partial charge is 0.490 e. The third-order valence-electron chi connectivity index (χ3n) is 5.26. The fourth-order valence-electron chi connectivity index (χ4n) is 3.68. The van der Waals surface area contributed by atoms with Crippen molar-refractivity contribution in [3.63, 3.8) is 0 Å². The molecule has 0 radical (unpaired) electrons. The van der Waals surface area contributed by atoms with Gasteiger partial charge in [0.2, 0.25) is 0 Å². The van der Waals surface area contributed by atoms with Crippen molar-refractivity contribution in [2.75, 3.05) is 13.2 Å². The number of urea groups is 1. The van der Waals surface area contributed by atoms with E-state index in [2.05, 4.69) is 10.6 Å². The van der Waals surface area contributed by atoms with Crippen molar-refractivity contribution in [1.29, 1.82) is 0 Å². The smallest absolute Gasteiger partial charge is 0.321 e. The van der Waals surface area contributed by atoms with Gasteiger partial charge in [-0.2, -0.15) is 0 Å². The minimum absolute atomic E-state index is 0.0204. The molecule has 7 heteroatoms. The number of imide groups is 1. The maximum atomic E-state index is 12.4. The summed E-state index contributed by atoms with van der Waals surface area (Å²) in [4.78, 5) is 24.5. The molecule has 0 heterocycles. The third-order valence-corrected chi connectivity index (χ3v) is 5.26. The van der Waals surface area contributed by atoms with Gasteiger partial charge in [-0.05, 0) is 58.7 Å². The first-order valence-corrected chi connectivity index (χ1v) is 10.8. The lowest BCUT2D eigenvalue weighted by Crippen LogP contribution is -2.92. The van der Waals surface area contributed by atoms with Crippen molar-refractivity contribution in [2.45, 2.75) is 77.9 Å². The van der Waals surface area contributed by atoms with Crippen LogP contribution in [0.3, 0.4) is 0 Å². The average molecular weight is 407 g/mol. The van der Waals surface area contributed by atoms with Crippen LogP contribution < -0.4 is 25.4 Å². The molecule has 29 heavy (non-hydrogen) atoms. The minimum atomic E-state index is -0.399. The first-order valence-electron chi connectivity index (χ1n) is 10.8. The predicted octanol–water partition coefficient (Wildman–Crippen LogP) is 2.66. The standard InChI is InChI=1S/C22H35N3O4/c1-5-28-19-13-12-17(14-20(19)29-6-2)15(3)23-16(4)21(26)25-22(27)24-18-10-8-7-9-11-18/h12-16,18,23H,5-11H2,1-4H3,(H2,24,25,26,27)/p+1/t15-,16+/m1/s1. The highest BCUT2D eigenvalue weighted by Gasteiger charge is 2.24. The summed E-state index contributed by atoms with van der Waals surface area (Å²) in [5, 5.41) is 7.33. The number of quaternary nitrogens is 1. The third kappa shape index (κ3) is 7.24. The summed E-state index contributed by atoms with van der Waals surface area (Å²) in [6.45, 7) is 8.82. The van der Waals surface area contributed by atoms with E-state index in [1.54, 1.807) is 6.92 Å². The number of nitrogens with one attached hydrogen (secondary N) is 2. The minimum Gasteiger partial charge on any atom is -0.490 e. The van der Waals surface area contributed by atoms with Gasteiger partial charge in [-0.25, -0.2) is 4.79 Å². The Labute approximate surface area is 173 Å². The number of ether oxygens (including phenoxy) is 2. The second-order valence-electron chi connectivity index (χ2n) is 7.64. The van der Waals surface area contributed by atoms with Crippen LogP contribution in [0.2, 0.25) is 0 Å². The van der Waals surface area contributed by atoms with Crippen LogP contribution in [0.1, 0.15) is 71.4 Å². The summed E-state index contributed by atoms with van der Waals surface area (Å²) < 4.78 is 11.3. The summed E-state index contributed by atoms with van der Waals surface area (Å²) in [6.07, 6.45) is 5.46. The van der Waals surface area contributed by atoms with Gasteiger partial charge in [0, 0.05) is 11.6 Å². The van der Waals surface area contributed by atoms with E-state index in [0.29, 0.717) is 19.0 Å². The van der Waals surface area contributed by atoms with E-state index in [1.807, 2.05) is 44.3 Å². The molecule has 0 aromatic heterocycles. The molecule has 0 unspecified atom stereocenters. The molecule has 0 spiro atoms. The van der Waals surface area contributed by atoms with Crippen LogP contribution in [0.15, 0.2) is 18.2 Å². The van der Waals surface area contributed by atoms with Gasteiger partial charge in [-0.1, -0.05) is 19.3 Å². The van der Waals surface area contributed by atoms with Crippen molar-refractivity contribution in [2.24, 2.45) is 0 Å². The molecule has 162 valence electrons. The quantitative estimate of drug-likeness (QED) is 0.588. The number of hydrogen-bond donors (Lipinski definition) is 3. The Morgan fingerprint density at radius 2 is 1.72 bits per heavy atom. The van der Waals surface area contributed by atoms with Crippen molar-refractivity contribution in [1.82, 2.24) is 10.6 Å². The Bertz CT molecular complexity index is 674. The van der Waals surface area contributed by atoms with Crippen LogP contribution in [0.5, 0.6) is 11.5 Å². The van der Waals surface area contributed by atoms with Crippen LogP contribution in [-0.4, -0.2) is 37.2 Å². The summed E-state index contributed by atoms with van der Waals surface area (Å²) in [7, 11) is 0. The molecule has 0 bridgehead atoms. The number of benzene rings is 1. The molecule has 1 aliphatic rings. The SMILES string of the molecule is CCOc1ccc([C@@H](C)[NH2+][C@@H](C)C(=O)NC(=O)NC2CCCCC2)cc1OCC. The van der Waals surface area contributed by atoms with Gasteiger partial charge in [0.15, 0.2) is 17.5 Å². The van der Waals surface area contributed by atoms with E-state index in [1.165, 1.54) is 6.42 Å². The van der Waals surface area contributed by atoms with Crippen LogP contribution >= 0.6 is 0 Å². The van der Waals surface area contributed by atoms with Crippen LogP contribution in [0, 0.1) is 0 Å². The van der Waals surface area contributed by atoms with Gasteiger partial charge in [-0.3, -0.25) is 10.1 Å². The van der Waals surface area contributed by atoms with Gasteiger partial charge in [-0.15, -0.1) is 0 Å². The normalized spacial score (nSPS) is 16.6. The maximum absolute atomic E-state index is 12.4. The summed E-state index contributed by atoms with van der Waals surface area (Å²) in [5.41, 5.74) is 1.03. The molecule has 1 aromatic carbocycles. The topological polar surface area (TPSA) is 93.3 Å². The zero-order valence-electron chi connectivity index (χ0n) is 18.1. The predicted molar refractivity (Wildman–Crippen MR) is 112 cm³/mol. The van der Waals surface area contributed by atoms with E-state index >= 15 is 0 Å². The number of rotatable bonds is 9. The Hall–Kier alpha value is -2.28.